The van der Waals surface area contributed by atoms with E-state index in [0.29, 0.717) is 11.8 Å². The van der Waals surface area contributed by atoms with Crippen molar-refractivity contribution in [2.24, 2.45) is 0 Å². The summed E-state index contributed by atoms with van der Waals surface area (Å²) in [5.74, 6) is 1.64. The van der Waals surface area contributed by atoms with E-state index in [1.54, 1.807) is 20.0 Å². The Bertz CT molecular complexity index is 1330. The monoisotopic (exact) mass is 725 g/mol. The van der Waals surface area contributed by atoms with Crippen molar-refractivity contribution in [1.82, 2.24) is 9.67 Å². The van der Waals surface area contributed by atoms with Gasteiger partial charge in [-0.2, -0.15) is 4.68 Å². The van der Waals surface area contributed by atoms with Gasteiger partial charge in [0.25, 0.3) is 6.33 Å². The summed E-state index contributed by atoms with van der Waals surface area (Å²) in [6.45, 7) is 22.7. The summed E-state index contributed by atoms with van der Waals surface area (Å²) in [5.41, 5.74) is 8.59. The van der Waals surface area contributed by atoms with Gasteiger partial charge in [-0.25, -0.2) is 0 Å². The minimum atomic E-state index is 0.0243. The van der Waals surface area contributed by atoms with Gasteiger partial charge in [-0.1, -0.05) is 136 Å². The molecule has 0 amide bonds. The summed E-state index contributed by atoms with van der Waals surface area (Å²) >= 11 is 1.75. The van der Waals surface area contributed by atoms with Gasteiger partial charge in [0.15, 0.2) is 5.82 Å². The van der Waals surface area contributed by atoms with Crippen LogP contribution in [0.2, 0.25) is 0 Å². The first kappa shape index (κ1) is 31.4. The Kier molecular flexibility index (Phi) is 10.1. The van der Waals surface area contributed by atoms with Gasteiger partial charge in [-0.15, -0.1) is 5.10 Å². The molecule has 0 unspecified atom stereocenters. The van der Waals surface area contributed by atoms with E-state index in [1.807, 2.05) is 4.68 Å². The van der Waals surface area contributed by atoms with Gasteiger partial charge >= 0.3 is 29.2 Å². The van der Waals surface area contributed by atoms with Gasteiger partial charge in [-0.05, 0) is 44.9 Å². The second-order valence-electron chi connectivity index (χ2n) is 12.9. The third-order valence-corrected chi connectivity index (χ3v) is 7.09. The Labute approximate surface area is 252 Å². The molecule has 0 saturated heterocycles. The normalized spacial score (nSPS) is 12.1. The van der Waals surface area contributed by atoms with Crippen molar-refractivity contribution in [2.75, 3.05) is 0 Å². The summed E-state index contributed by atoms with van der Waals surface area (Å²) in [5, 5.41) is 5.20. The van der Waals surface area contributed by atoms with E-state index in [1.165, 1.54) is 27.9 Å². The van der Waals surface area contributed by atoms with Gasteiger partial charge in [0.2, 0.25) is 0 Å². The Morgan fingerprint density at radius 3 is 1.67 bits per heavy atom. The zero-order valence-electron chi connectivity index (χ0n) is 25.0. The second kappa shape index (κ2) is 12.6. The average Bonchev–Trinajstić information content (AvgIpc) is 3.34. The second-order valence-corrected chi connectivity index (χ2v) is 12.9. The number of hydrogen-bond acceptors (Lipinski definition) is 1. The van der Waals surface area contributed by atoms with Crippen LogP contribution in [0.1, 0.15) is 103 Å². The first-order chi connectivity index (χ1) is 18.3. The van der Waals surface area contributed by atoms with Crippen molar-refractivity contribution < 1.29 is 24.7 Å². The number of para-hydroxylation sites is 1. The van der Waals surface area contributed by atoms with Crippen LogP contribution in [0, 0.1) is 6.33 Å². The summed E-state index contributed by atoms with van der Waals surface area (Å²) in [6, 6.07) is 24.1. The fourth-order valence-corrected chi connectivity index (χ4v) is 4.72. The Morgan fingerprint density at radius 2 is 1.23 bits per heavy atom. The van der Waals surface area contributed by atoms with Crippen LogP contribution in [0.4, 0.5) is 0 Å². The molecule has 3 aromatic carbocycles. The van der Waals surface area contributed by atoms with Crippen LogP contribution < -0.4 is 4.68 Å². The van der Waals surface area contributed by atoms with Crippen molar-refractivity contribution in [1.29, 1.82) is 0 Å². The fraction of sp³-hybridized carbons (Fsp3) is 0.412. The molecule has 5 heteroatoms. The van der Waals surface area contributed by atoms with Gasteiger partial charge in [-0.3, -0.25) is 4.57 Å². The van der Waals surface area contributed by atoms with E-state index in [2.05, 4.69) is 156 Å². The molecule has 4 aromatic rings. The number of rotatable bonds is 5. The maximum absolute atomic E-state index is 5.20. The Morgan fingerprint density at radius 1 is 0.744 bits per heavy atom. The third kappa shape index (κ3) is 7.13. The zero-order chi connectivity index (χ0) is 29.1. The van der Waals surface area contributed by atoms with Crippen molar-refractivity contribution in [3.63, 3.8) is 0 Å². The first-order valence-corrected chi connectivity index (χ1v) is 16.4. The fourth-order valence-electron chi connectivity index (χ4n) is 4.72. The molecule has 0 fully saturated rings. The van der Waals surface area contributed by atoms with Crippen molar-refractivity contribution in [2.45, 2.75) is 91.9 Å². The predicted octanol–water partition coefficient (Wildman–Crippen LogP) is 9.14. The maximum atomic E-state index is 5.20. The SMILES string of the molecule is CC(C)c1cccc(C(C)C)c1-n1[c-][n+](-c2cc(C(C)(C)C)cc(C(C)(C)C)c2)nc1-c1ccccc1.[Cl][Au]. The quantitative estimate of drug-likeness (QED) is 0.114. The predicted molar refractivity (Wildman–Crippen MR) is 161 cm³/mol. The number of halogens is 1. The zero-order valence-corrected chi connectivity index (χ0v) is 27.9. The van der Waals surface area contributed by atoms with Gasteiger partial charge in [0.1, 0.15) is 0 Å². The van der Waals surface area contributed by atoms with Crippen molar-refractivity contribution >= 4 is 9.19 Å². The molecule has 3 nitrogen and oxygen atoms in total. The molecule has 0 aliphatic carbocycles. The molecule has 4 rings (SSSR count). The summed E-state index contributed by atoms with van der Waals surface area (Å²) in [4.78, 5) is 0. The van der Waals surface area contributed by atoms with Crippen LogP contribution in [-0.2, 0) is 30.8 Å². The first-order valence-electron chi connectivity index (χ1n) is 13.7. The molecule has 1 heterocycles. The van der Waals surface area contributed by atoms with Gasteiger partial charge in [0, 0.05) is 5.56 Å². The van der Waals surface area contributed by atoms with Gasteiger partial charge < -0.3 is 0 Å². The molecular formula is C34H43AuClN3. The van der Waals surface area contributed by atoms with Crippen LogP contribution in [0.5, 0.6) is 0 Å². The van der Waals surface area contributed by atoms with Gasteiger partial charge in [0.05, 0.1) is 11.4 Å². The summed E-state index contributed by atoms with van der Waals surface area (Å²) in [6.07, 6.45) is 3.68. The van der Waals surface area contributed by atoms with E-state index in [9.17, 15) is 0 Å². The van der Waals surface area contributed by atoms with Crippen molar-refractivity contribution in [3.05, 3.63) is 95.3 Å². The minimum absolute atomic E-state index is 0.0243. The van der Waals surface area contributed by atoms with Crippen LogP contribution >= 0.6 is 9.19 Å². The average molecular weight is 726 g/mol. The number of nitrogens with zero attached hydrogens (tertiary/aromatic N) is 3. The molecule has 1 aromatic heterocycles. The standard InChI is InChI=1S/C34H43N3.Au.ClH/c1-23(2)29-17-14-18-30(24(3)4)31(29)36-22-37(35-32(36)25-15-12-11-13-16-25)28-20-26(33(5,6)7)19-27(21-28)34(8,9)10;;/h11-21,23-24H,1-10H3;;1H/q;+1;/p-1. The molecule has 0 N–H and O–H groups in total. The molecule has 0 atom stereocenters. The van der Waals surface area contributed by atoms with E-state index < -0.39 is 0 Å². The van der Waals surface area contributed by atoms with E-state index in [-0.39, 0.29) is 10.8 Å². The molecule has 39 heavy (non-hydrogen) atoms. The van der Waals surface area contributed by atoms with E-state index in [0.717, 1.165) is 17.1 Å². The third-order valence-electron chi connectivity index (χ3n) is 7.09. The molecule has 0 aliphatic rings. The summed E-state index contributed by atoms with van der Waals surface area (Å²) < 4.78 is 4.15. The topological polar surface area (TPSA) is 21.7 Å². The van der Waals surface area contributed by atoms with E-state index in [4.69, 9.17) is 5.10 Å². The van der Waals surface area contributed by atoms with Crippen LogP contribution in [0.3, 0.4) is 0 Å². The van der Waals surface area contributed by atoms with Crippen LogP contribution in [-0.4, -0.2) is 9.67 Å². The van der Waals surface area contributed by atoms with Crippen molar-refractivity contribution in [3.8, 4) is 22.8 Å². The molecule has 212 valence electrons. The summed E-state index contributed by atoms with van der Waals surface area (Å²) in [7, 11) is 4.58. The van der Waals surface area contributed by atoms with Crippen LogP contribution in [0.25, 0.3) is 22.8 Å². The Hall–Kier alpha value is -2.17. The van der Waals surface area contributed by atoms with Crippen LogP contribution in [0.15, 0.2) is 66.7 Å². The number of aromatic nitrogens is 3. The molecular weight excluding hydrogens is 683 g/mol. The number of hydrogen-bond donors (Lipinski definition) is 0. The van der Waals surface area contributed by atoms with E-state index >= 15 is 0 Å². The molecule has 0 radical (unpaired) electrons. The Balaban J connectivity index is 0.00000205. The number of benzene rings is 3. The molecule has 0 aliphatic heterocycles. The molecule has 0 bridgehead atoms. The molecule has 0 spiro atoms. The molecule has 0 saturated carbocycles.